The van der Waals surface area contributed by atoms with Gasteiger partial charge in [-0.1, -0.05) is 13.3 Å². The Morgan fingerprint density at radius 3 is 2.54 bits per heavy atom. The SMILES string of the molecule is CC(C(=O)C1CCC1)C1CCCN1. The summed E-state index contributed by atoms with van der Waals surface area (Å²) < 4.78 is 0. The third-order valence-corrected chi connectivity index (χ3v) is 3.66. The van der Waals surface area contributed by atoms with Crippen molar-refractivity contribution in [2.75, 3.05) is 6.54 Å². The van der Waals surface area contributed by atoms with Gasteiger partial charge in [0.25, 0.3) is 0 Å². The second-order valence-corrected chi connectivity index (χ2v) is 4.52. The standard InChI is InChI=1S/C11H19NO/c1-8(10-6-3-7-12-10)11(13)9-4-2-5-9/h8-10,12H,2-7H2,1H3. The summed E-state index contributed by atoms with van der Waals surface area (Å²) in [4.78, 5) is 11.9. The van der Waals surface area contributed by atoms with E-state index < -0.39 is 0 Å². The van der Waals surface area contributed by atoms with Gasteiger partial charge >= 0.3 is 0 Å². The number of ketones is 1. The summed E-state index contributed by atoms with van der Waals surface area (Å²) in [6.45, 7) is 3.20. The van der Waals surface area contributed by atoms with Crippen LogP contribution in [-0.2, 0) is 4.79 Å². The van der Waals surface area contributed by atoms with E-state index in [0.29, 0.717) is 17.7 Å². The van der Waals surface area contributed by atoms with Crippen molar-refractivity contribution in [2.24, 2.45) is 11.8 Å². The normalized spacial score (nSPS) is 31.3. The summed E-state index contributed by atoms with van der Waals surface area (Å²) in [6, 6.07) is 0.480. The highest BCUT2D eigenvalue weighted by Crippen LogP contribution is 2.31. The molecule has 2 unspecified atom stereocenters. The molecule has 1 aliphatic heterocycles. The van der Waals surface area contributed by atoms with E-state index in [1.165, 1.54) is 19.3 Å². The average molecular weight is 181 g/mol. The Labute approximate surface area is 80.1 Å². The maximum atomic E-state index is 11.9. The van der Waals surface area contributed by atoms with Crippen LogP contribution < -0.4 is 5.32 Å². The third-order valence-electron chi connectivity index (χ3n) is 3.66. The van der Waals surface area contributed by atoms with Gasteiger partial charge in [0.1, 0.15) is 5.78 Å². The molecule has 2 fully saturated rings. The van der Waals surface area contributed by atoms with Crippen LogP contribution in [0.5, 0.6) is 0 Å². The molecule has 13 heavy (non-hydrogen) atoms. The van der Waals surface area contributed by atoms with E-state index in [-0.39, 0.29) is 5.92 Å². The van der Waals surface area contributed by atoms with E-state index in [0.717, 1.165) is 19.4 Å². The molecule has 0 spiro atoms. The molecular weight excluding hydrogens is 162 g/mol. The molecule has 1 saturated carbocycles. The lowest BCUT2D eigenvalue weighted by Gasteiger charge is -2.29. The smallest absolute Gasteiger partial charge is 0.140 e. The lowest BCUT2D eigenvalue weighted by atomic mass is 9.76. The van der Waals surface area contributed by atoms with Crippen LogP contribution in [-0.4, -0.2) is 18.4 Å². The molecule has 2 rings (SSSR count). The van der Waals surface area contributed by atoms with Gasteiger partial charge in [-0.2, -0.15) is 0 Å². The minimum atomic E-state index is 0.257. The first-order valence-corrected chi connectivity index (χ1v) is 5.56. The van der Waals surface area contributed by atoms with Crippen LogP contribution in [0.3, 0.4) is 0 Å². The van der Waals surface area contributed by atoms with Gasteiger partial charge in [-0.05, 0) is 32.2 Å². The number of hydrogen-bond donors (Lipinski definition) is 1. The van der Waals surface area contributed by atoms with Crippen molar-refractivity contribution in [3.63, 3.8) is 0 Å². The van der Waals surface area contributed by atoms with Gasteiger partial charge in [-0.15, -0.1) is 0 Å². The minimum Gasteiger partial charge on any atom is -0.313 e. The number of hydrogen-bond acceptors (Lipinski definition) is 2. The number of carbonyl (C=O) groups is 1. The number of Topliss-reactive ketones (excluding diaryl/α,β-unsaturated/α-hetero) is 1. The van der Waals surface area contributed by atoms with E-state index >= 15 is 0 Å². The second kappa shape index (κ2) is 3.79. The average Bonchev–Trinajstić information content (AvgIpc) is 2.51. The molecule has 2 aliphatic rings. The fraction of sp³-hybridized carbons (Fsp3) is 0.909. The highest BCUT2D eigenvalue weighted by Gasteiger charge is 2.33. The van der Waals surface area contributed by atoms with E-state index in [1.54, 1.807) is 0 Å². The molecule has 1 N–H and O–H groups in total. The van der Waals surface area contributed by atoms with Gasteiger partial charge < -0.3 is 5.32 Å². The Kier molecular flexibility index (Phi) is 2.68. The Morgan fingerprint density at radius 2 is 2.08 bits per heavy atom. The number of carbonyl (C=O) groups excluding carboxylic acids is 1. The Balaban J connectivity index is 1.87. The van der Waals surface area contributed by atoms with Gasteiger partial charge in [0.05, 0.1) is 0 Å². The lowest BCUT2D eigenvalue weighted by Crippen LogP contribution is -2.38. The molecular formula is C11H19NO. The molecule has 2 nitrogen and oxygen atoms in total. The van der Waals surface area contributed by atoms with Crippen molar-refractivity contribution in [3.8, 4) is 0 Å². The predicted molar refractivity (Wildman–Crippen MR) is 52.5 cm³/mol. The number of rotatable bonds is 3. The molecule has 0 radical (unpaired) electrons. The van der Waals surface area contributed by atoms with Gasteiger partial charge in [-0.25, -0.2) is 0 Å². The largest absolute Gasteiger partial charge is 0.313 e. The zero-order valence-corrected chi connectivity index (χ0v) is 8.38. The van der Waals surface area contributed by atoms with Crippen LogP contribution in [0.4, 0.5) is 0 Å². The van der Waals surface area contributed by atoms with E-state index in [1.807, 2.05) is 0 Å². The first kappa shape index (κ1) is 9.20. The topological polar surface area (TPSA) is 29.1 Å². The molecule has 0 aromatic rings. The molecule has 0 amide bonds. The van der Waals surface area contributed by atoms with Gasteiger partial charge in [0.2, 0.25) is 0 Å². The summed E-state index contributed by atoms with van der Waals surface area (Å²) in [5, 5.41) is 3.42. The molecule has 1 saturated heterocycles. The fourth-order valence-corrected chi connectivity index (χ4v) is 2.40. The third kappa shape index (κ3) is 1.78. The van der Waals surface area contributed by atoms with Gasteiger partial charge in [0, 0.05) is 17.9 Å². The Bertz CT molecular complexity index is 192. The quantitative estimate of drug-likeness (QED) is 0.718. The van der Waals surface area contributed by atoms with Crippen molar-refractivity contribution >= 4 is 5.78 Å². The monoisotopic (exact) mass is 181 g/mol. The van der Waals surface area contributed by atoms with Crippen LogP contribution in [0.2, 0.25) is 0 Å². The molecule has 2 heteroatoms. The molecule has 74 valence electrons. The predicted octanol–water partition coefficient (Wildman–Crippen LogP) is 1.74. The van der Waals surface area contributed by atoms with E-state index in [9.17, 15) is 4.79 Å². The maximum Gasteiger partial charge on any atom is 0.140 e. The molecule has 0 aromatic carbocycles. The van der Waals surface area contributed by atoms with Gasteiger partial charge in [0.15, 0.2) is 0 Å². The summed E-state index contributed by atoms with van der Waals surface area (Å²) >= 11 is 0. The van der Waals surface area contributed by atoms with Crippen molar-refractivity contribution < 1.29 is 4.79 Å². The molecule has 0 bridgehead atoms. The van der Waals surface area contributed by atoms with Crippen molar-refractivity contribution in [2.45, 2.75) is 45.1 Å². The van der Waals surface area contributed by atoms with Gasteiger partial charge in [-0.3, -0.25) is 4.79 Å². The molecule has 2 atom stereocenters. The summed E-state index contributed by atoms with van der Waals surface area (Å²) in [5.74, 6) is 1.19. The Morgan fingerprint density at radius 1 is 1.31 bits per heavy atom. The Hall–Kier alpha value is -0.370. The van der Waals surface area contributed by atoms with Crippen LogP contribution >= 0.6 is 0 Å². The van der Waals surface area contributed by atoms with Crippen molar-refractivity contribution in [3.05, 3.63) is 0 Å². The van der Waals surface area contributed by atoms with Crippen LogP contribution in [0.1, 0.15) is 39.0 Å². The number of nitrogens with one attached hydrogen (secondary N) is 1. The highest BCUT2D eigenvalue weighted by molar-refractivity contribution is 5.84. The maximum absolute atomic E-state index is 11.9. The zero-order chi connectivity index (χ0) is 9.26. The fourth-order valence-electron chi connectivity index (χ4n) is 2.40. The molecule has 0 aromatic heterocycles. The van der Waals surface area contributed by atoms with Crippen LogP contribution in [0.15, 0.2) is 0 Å². The lowest BCUT2D eigenvalue weighted by molar-refractivity contribution is -0.129. The molecule has 1 aliphatic carbocycles. The van der Waals surface area contributed by atoms with Crippen molar-refractivity contribution in [1.29, 1.82) is 0 Å². The minimum absolute atomic E-state index is 0.257. The first-order valence-electron chi connectivity index (χ1n) is 5.56. The summed E-state index contributed by atoms with van der Waals surface area (Å²) in [5.41, 5.74) is 0. The van der Waals surface area contributed by atoms with Crippen molar-refractivity contribution in [1.82, 2.24) is 5.32 Å². The zero-order valence-electron chi connectivity index (χ0n) is 8.38. The molecule has 1 heterocycles. The second-order valence-electron chi connectivity index (χ2n) is 4.52. The highest BCUT2D eigenvalue weighted by atomic mass is 16.1. The summed E-state index contributed by atoms with van der Waals surface area (Å²) in [6.07, 6.45) is 6.00. The summed E-state index contributed by atoms with van der Waals surface area (Å²) in [7, 11) is 0. The van der Waals surface area contributed by atoms with E-state index in [2.05, 4.69) is 12.2 Å². The van der Waals surface area contributed by atoms with Crippen LogP contribution in [0.25, 0.3) is 0 Å². The van der Waals surface area contributed by atoms with E-state index in [4.69, 9.17) is 0 Å². The first-order chi connectivity index (χ1) is 6.29. The van der Waals surface area contributed by atoms with Crippen LogP contribution in [0, 0.1) is 11.8 Å².